The number of thioether (sulfide) groups is 2. The van der Waals surface area contributed by atoms with Gasteiger partial charge in [-0.05, 0) is 20.4 Å². The molecule has 2 heterocycles. The van der Waals surface area contributed by atoms with E-state index in [0.717, 1.165) is 30.5 Å². The zero-order chi connectivity index (χ0) is 17.2. The molecule has 2 fully saturated rings. The van der Waals surface area contributed by atoms with Gasteiger partial charge in [0.25, 0.3) is 0 Å². The third-order valence-electron chi connectivity index (χ3n) is 4.34. The van der Waals surface area contributed by atoms with E-state index in [1.807, 2.05) is 0 Å². The molecule has 1 N–H and O–H groups in total. The summed E-state index contributed by atoms with van der Waals surface area (Å²) in [4.78, 5) is 25.9. The molecule has 2 rings (SSSR count). The van der Waals surface area contributed by atoms with E-state index < -0.39 is 11.9 Å². The zero-order valence-electron chi connectivity index (χ0n) is 14.1. The number of fused-ring (bicyclic) bond motifs is 1. The van der Waals surface area contributed by atoms with Gasteiger partial charge in [-0.1, -0.05) is 30.4 Å². The molecule has 0 aromatic heterocycles. The molecule has 130 valence electrons. The second-order valence-electron chi connectivity index (χ2n) is 6.11. The minimum atomic E-state index is -1.20. The Balaban J connectivity index is 2.35. The number of carboxylic acid groups (broad SMARTS) is 1. The predicted octanol–water partition coefficient (Wildman–Crippen LogP) is 1.78. The molecule has 3 atom stereocenters. The molecule has 2 aliphatic rings. The van der Waals surface area contributed by atoms with E-state index in [9.17, 15) is 14.7 Å². The molecule has 0 aliphatic carbocycles. The van der Waals surface area contributed by atoms with Gasteiger partial charge >= 0.3 is 11.9 Å². The third kappa shape index (κ3) is 3.70. The van der Waals surface area contributed by atoms with E-state index in [1.54, 1.807) is 6.92 Å². The topological polar surface area (TPSA) is 66.8 Å². The van der Waals surface area contributed by atoms with Gasteiger partial charge in [0.2, 0.25) is 0 Å². The maximum Gasteiger partial charge on any atom is 0.347 e. The summed E-state index contributed by atoms with van der Waals surface area (Å²) < 4.78 is 6.42. The average Bonchev–Trinajstić information content (AvgIpc) is 2.90. The van der Waals surface area contributed by atoms with Crippen LogP contribution in [0, 0.1) is 0 Å². The van der Waals surface area contributed by atoms with Gasteiger partial charge in [-0.15, -0.1) is 0 Å². The highest BCUT2D eigenvalue weighted by Crippen LogP contribution is 2.53. The highest BCUT2D eigenvalue weighted by atomic mass is 32.2. The predicted molar refractivity (Wildman–Crippen MR) is 92.9 cm³/mol. The van der Waals surface area contributed by atoms with Crippen molar-refractivity contribution in [2.45, 2.75) is 31.0 Å². The molecule has 0 amide bonds. The first-order valence-corrected chi connectivity index (χ1v) is 9.62. The van der Waals surface area contributed by atoms with Crippen molar-refractivity contribution in [3.05, 3.63) is 9.81 Å². The van der Waals surface area contributed by atoms with Gasteiger partial charge < -0.3 is 14.3 Å². The van der Waals surface area contributed by atoms with E-state index in [1.165, 1.54) is 23.5 Å². The fourth-order valence-corrected chi connectivity index (χ4v) is 6.72. The Morgan fingerprint density at radius 3 is 2.65 bits per heavy atom. The fourth-order valence-electron chi connectivity index (χ4n) is 3.08. The van der Waals surface area contributed by atoms with Gasteiger partial charge in [0.15, 0.2) is 10.9 Å². The molecule has 23 heavy (non-hydrogen) atoms. The van der Waals surface area contributed by atoms with E-state index >= 15 is 0 Å². The van der Waals surface area contributed by atoms with E-state index in [4.69, 9.17) is 4.74 Å². The number of carboxylic acids is 1. The number of likely N-dealkylation sites (N-methyl/N-ethyl adjacent to an activating group) is 2. The van der Waals surface area contributed by atoms with Crippen LogP contribution in [0.4, 0.5) is 0 Å². The van der Waals surface area contributed by atoms with Crippen molar-refractivity contribution < 1.29 is 23.9 Å². The molecule has 0 aromatic carbocycles. The molecular weight excluding hydrogens is 336 g/mol. The van der Waals surface area contributed by atoms with Crippen molar-refractivity contribution in [3.63, 3.8) is 0 Å². The van der Waals surface area contributed by atoms with E-state index in [0.29, 0.717) is 4.24 Å². The Morgan fingerprint density at radius 2 is 2.09 bits per heavy atom. The first-order valence-electron chi connectivity index (χ1n) is 7.86. The number of carbonyl (C=O) groups is 2. The van der Waals surface area contributed by atoms with Crippen molar-refractivity contribution in [2.24, 2.45) is 0 Å². The zero-order valence-corrected chi connectivity index (χ0v) is 15.7. The maximum atomic E-state index is 12.0. The van der Waals surface area contributed by atoms with Crippen molar-refractivity contribution in [1.82, 2.24) is 4.90 Å². The Morgan fingerprint density at radius 1 is 1.39 bits per heavy atom. The number of quaternary nitrogens is 1. The van der Waals surface area contributed by atoms with E-state index in [2.05, 4.69) is 25.9 Å². The number of rotatable bonds is 5. The number of ether oxygens (including phenoxy) is 1. The van der Waals surface area contributed by atoms with Crippen LogP contribution in [0.25, 0.3) is 0 Å². The van der Waals surface area contributed by atoms with Crippen molar-refractivity contribution >= 4 is 35.5 Å². The molecule has 3 unspecified atom stereocenters. The van der Waals surface area contributed by atoms with Crippen molar-refractivity contribution in [2.75, 3.05) is 40.3 Å². The first-order chi connectivity index (χ1) is 10.8. The first kappa shape index (κ1) is 18.6. The Kier molecular flexibility index (Phi) is 6.05. The lowest BCUT2D eigenvalue weighted by molar-refractivity contribution is -0.924. The van der Waals surface area contributed by atoms with Gasteiger partial charge in [-0.2, -0.15) is 0 Å². The summed E-state index contributed by atoms with van der Waals surface area (Å²) in [5.74, 6) is -1.94. The summed E-state index contributed by atoms with van der Waals surface area (Å²) in [5, 5.41) is 9.88. The SMILES string of the molecule is CCC[N+]1(C)CCN(C)C2SC(=C(C(=O)O)C(=O)OCC)SC21. The van der Waals surface area contributed by atoms with Crippen LogP contribution in [0.15, 0.2) is 9.81 Å². The van der Waals surface area contributed by atoms with Crippen LogP contribution >= 0.6 is 23.5 Å². The quantitative estimate of drug-likeness (QED) is 0.263. The summed E-state index contributed by atoms with van der Waals surface area (Å²) in [6.07, 6.45) is 1.08. The molecule has 0 bridgehead atoms. The van der Waals surface area contributed by atoms with Crippen LogP contribution in [-0.4, -0.2) is 77.5 Å². The molecule has 0 spiro atoms. The highest BCUT2D eigenvalue weighted by molar-refractivity contribution is 8.25. The highest BCUT2D eigenvalue weighted by Gasteiger charge is 2.51. The summed E-state index contributed by atoms with van der Waals surface area (Å²) in [7, 11) is 4.30. The van der Waals surface area contributed by atoms with Gasteiger partial charge in [0.1, 0.15) is 5.37 Å². The monoisotopic (exact) mass is 361 g/mol. The number of aliphatic carboxylic acids is 1. The molecule has 2 aliphatic heterocycles. The van der Waals surface area contributed by atoms with Crippen LogP contribution in [-0.2, 0) is 14.3 Å². The lowest BCUT2D eigenvalue weighted by Crippen LogP contribution is -2.64. The number of hydrogen-bond acceptors (Lipinski definition) is 6. The number of carbonyl (C=O) groups excluding carboxylic acids is 1. The standard InChI is InChI=1S/C15H24N2O4S2/c1-5-8-17(4)9-7-16(3)11-12(17)23-15(22-11)10(13(18)19)14(20)21-6-2/h11-12H,5-9H2,1-4H3/p+1. The molecule has 0 saturated carbocycles. The molecular formula is C15H25N2O4S2+. The minimum absolute atomic E-state index is 0.175. The Labute approximate surface area is 145 Å². The van der Waals surface area contributed by atoms with Crippen molar-refractivity contribution in [3.8, 4) is 0 Å². The van der Waals surface area contributed by atoms with Gasteiger partial charge in [-0.25, -0.2) is 9.59 Å². The van der Waals surface area contributed by atoms with E-state index in [-0.39, 0.29) is 22.9 Å². The molecule has 8 heteroatoms. The normalized spacial score (nSPS) is 33.2. The number of hydrogen-bond donors (Lipinski definition) is 1. The number of piperazine rings is 1. The molecule has 0 aromatic rings. The van der Waals surface area contributed by atoms with Gasteiger partial charge in [0.05, 0.1) is 31.0 Å². The average molecular weight is 362 g/mol. The van der Waals surface area contributed by atoms with Gasteiger partial charge in [0, 0.05) is 6.54 Å². The van der Waals surface area contributed by atoms with Crippen LogP contribution in [0.5, 0.6) is 0 Å². The van der Waals surface area contributed by atoms with Crippen LogP contribution in [0.3, 0.4) is 0 Å². The maximum absolute atomic E-state index is 12.0. The smallest absolute Gasteiger partial charge is 0.347 e. The minimum Gasteiger partial charge on any atom is -0.477 e. The second-order valence-corrected chi connectivity index (χ2v) is 8.62. The van der Waals surface area contributed by atoms with Crippen LogP contribution in [0.2, 0.25) is 0 Å². The fraction of sp³-hybridized carbons (Fsp3) is 0.733. The lowest BCUT2D eigenvalue weighted by Gasteiger charge is -2.47. The largest absolute Gasteiger partial charge is 0.477 e. The molecule has 0 radical (unpaired) electrons. The number of esters is 1. The van der Waals surface area contributed by atoms with Gasteiger partial charge in [-0.3, -0.25) is 4.90 Å². The van der Waals surface area contributed by atoms with Crippen LogP contribution < -0.4 is 0 Å². The molecule has 6 nitrogen and oxygen atoms in total. The lowest BCUT2D eigenvalue weighted by atomic mass is 10.2. The van der Waals surface area contributed by atoms with Crippen LogP contribution in [0.1, 0.15) is 20.3 Å². The summed E-state index contributed by atoms with van der Waals surface area (Å²) in [6, 6.07) is 0. The van der Waals surface area contributed by atoms with Crippen molar-refractivity contribution in [1.29, 1.82) is 0 Å². The summed E-state index contributed by atoms with van der Waals surface area (Å²) >= 11 is 3.02. The number of nitrogens with zero attached hydrogens (tertiary/aromatic N) is 2. The molecule has 2 saturated heterocycles. The Bertz CT molecular complexity index is 526. The third-order valence-corrected chi connectivity index (χ3v) is 7.80. The summed E-state index contributed by atoms with van der Waals surface area (Å²) in [5.41, 5.74) is -0.215. The summed E-state index contributed by atoms with van der Waals surface area (Å²) in [6.45, 7) is 7.09. The second kappa shape index (κ2) is 7.46. The Hall–Kier alpha value is -0.700.